The third-order valence-corrected chi connectivity index (χ3v) is 4.66. The van der Waals surface area contributed by atoms with Gasteiger partial charge in [0.25, 0.3) is 5.56 Å². The topological polar surface area (TPSA) is 92.8 Å². The number of rotatable bonds is 3. The minimum absolute atomic E-state index is 0.388. The maximum atomic E-state index is 12.1. The maximum Gasteiger partial charge on any atom is 0.328 e. The number of hydrogen-bond acceptors (Lipinski definition) is 4. The van der Waals surface area contributed by atoms with E-state index in [1.54, 1.807) is 26.4 Å². The van der Waals surface area contributed by atoms with Crippen molar-refractivity contribution in [1.82, 2.24) is 19.5 Å². The molecule has 2 N–H and O–H groups in total. The Morgan fingerprint density at radius 3 is 2.70 bits per heavy atom. The molecule has 1 aromatic carbocycles. The fourth-order valence-corrected chi connectivity index (χ4v) is 3.22. The molecule has 136 valence electrons. The van der Waals surface area contributed by atoms with Crippen LogP contribution in [-0.2, 0) is 7.05 Å². The largest absolute Gasteiger partial charge is 0.437 e. The molecule has 0 bridgehead atoms. The average Bonchev–Trinajstić information content (AvgIpc) is 3.14. The zero-order chi connectivity index (χ0) is 19.1. The van der Waals surface area contributed by atoms with Crippen molar-refractivity contribution < 1.29 is 4.74 Å². The van der Waals surface area contributed by atoms with Crippen LogP contribution < -0.4 is 16.0 Å². The lowest BCUT2D eigenvalue weighted by Crippen LogP contribution is -2.31. The van der Waals surface area contributed by atoms with Crippen LogP contribution in [0.2, 0.25) is 0 Å². The Morgan fingerprint density at radius 2 is 1.93 bits per heavy atom. The van der Waals surface area contributed by atoms with Crippen LogP contribution in [0, 0.1) is 13.8 Å². The van der Waals surface area contributed by atoms with Crippen molar-refractivity contribution in [3.63, 3.8) is 0 Å². The van der Waals surface area contributed by atoms with E-state index in [-0.39, 0.29) is 5.56 Å². The highest BCUT2D eigenvalue weighted by Crippen LogP contribution is 2.36. The molecular formula is C20H18N4O3. The number of nitrogens with one attached hydrogen (secondary N) is 2. The molecule has 0 atom stereocenters. The van der Waals surface area contributed by atoms with E-state index >= 15 is 0 Å². The Labute approximate surface area is 154 Å². The molecule has 0 aliphatic rings. The minimum Gasteiger partial charge on any atom is -0.437 e. The minimum atomic E-state index is -0.450. The van der Waals surface area contributed by atoms with Crippen LogP contribution in [0.4, 0.5) is 0 Å². The van der Waals surface area contributed by atoms with Gasteiger partial charge in [0, 0.05) is 41.5 Å². The summed E-state index contributed by atoms with van der Waals surface area (Å²) in [7, 11) is 1.64. The summed E-state index contributed by atoms with van der Waals surface area (Å²) in [5, 5.41) is 0.852. The van der Waals surface area contributed by atoms with Gasteiger partial charge in [-0.15, -0.1) is 0 Å². The van der Waals surface area contributed by atoms with E-state index < -0.39 is 5.69 Å². The number of aromatic amines is 2. The van der Waals surface area contributed by atoms with E-state index in [2.05, 4.69) is 15.0 Å². The van der Waals surface area contributed by atoms with E-state index in [1.807, 2.05) is 37.3 Å². The second-order valence-electron chi connectivity index (χ2n) is 6.40. The number of fused-ring (bicyclic) bond motifs is 1. The molecule has 0 saturated carbocycles. The molecule has 0 fully saturated rings. The number of H-pyrrole nitrogens is 2. The van der Waals surface area contributed by atoms with E-state index in [9.17, 15) is 9.59 Å². The van der Waals surface area contributed by atoms with Crippen molar-refractivity contribution in [3.05, 3.63) is 74.7 Å². The molecular weight excluding hydrogens is 344 g/mol. The molecule has 7 nitrogen and oxygen atoms in total. The van der Waals surface area contributed by atoms with Gasteiger partial charge in [0.1, 0.15) is 0 Å². The molecule has 0 amide bonds. The molecule has 3 heterocycles. The third kappa shape index (κ3) is 2.73. The first-order chi connectivity index (χ1) is 13.0. The second kappa shape index (κ2) is 6.28. The predicted molar refractivity (Wildman–Crippen MR) is 103 cm³/mol. The molecule has 27 heavy (non-hydrogen) atoms. The van der Waals surface area contributed by atoms with Gasteiger partial charge < -0.3 is 9.72 Å². The Morgan fingerprint density at radius 1 is 1.11 bits per heavy atom. The molecule has 0 spiro atoms. The van der Waals surface area contributed by atoms with Crippen molar-refractivity contribution in [2.24, 2.45) is 7.05 Å². The molecule has 3 aromatic heterocycles. The predicted octanol–water partition coefficient (Wildman–Crippen LogP) is 3.03. The van der Waals surface area contributed by atoms with Gasteiger partial charge in [0.05, 0.1) is 11.2 Å². The number of aryl methyl sites for hydroxylation is 1. The zero-order valence-corrected chi connectivity index (χ0v) is 15.2. The molecule has 0 aliphatic carbocycles. The van der Waals surface area contributed by atoms with Gasteiger partial charge in [-0.1, -0.05) is 6.07 Å². The summed E-state index contributed by atoms with van der Waals surface area (Å²) in [6, 6.07) is 9.34. The number of nitrogens with zero attached hydrogens (tertiary/aromatic N) is 2. The van der Waals surface area contributed by atoms with Crippen LogP contribution in [0.1, 0.15) is 11.1 Å². The van der Waals surface area contributed by atoms with Crippen molar-refractivity contribution in [2.75, 3.05) is 0 Å². The Hall–Kier alpha value is -3.61. The lowest BCUT2D eigenvalue weighted by molar-refractivity contribution is 0.463. The van der Waals surface area contributed by atoms with Crippen LogP contribution >= 0.6 is 0 Å². The number of aromatic nitrogens is 4. The van der Waals surface area contributed by atoms with Crippen LogP contribution in [0.25, 0.3) is 22.2 Å². The van der Waals surface area contributed by atoms with Gasteiger partial charge in [0.15, 0.2) is 5.75 Å². The van der Waals surface area contributed by atoms with Gasteiger partial charge >= 0.3 is 5.69 Å². The molecule has 7 heteroatoms. The van der Waals surface area contributed by atoms with E-state index in [0.717, 1.165) is 22.0 Å². The third-order valence-electron chi connectivity index (χ3n) is 4.66. The highest BCUT2D eigenvalue weighted by Gasteiger charge is 2.17. The molecule has 0 saturated heterocycles. The first kappa shape index (κ1) is 16.8. The Bertz CT molecular complexity index is 1250. The first-order valence-electron chi connectivity index (χ1n) is 8.47. The molecule has 0 aliphatic heterocycles. The quantitative estimate of drug-likeness (QED) is 0.586. The Kier molecular flexibility index (Phi) is 3.92. The monoisotopic (exact) mass is 362 g/mol. The molecule has 0 unspecified atom stereocenters. The van der Waals surface area contributed by atoms with Gasteiger partial charge in [-0.2, -0.15) is 0 Å². The van der Waals surface area contributed by atoms with Gasteiger partial charge in [-0.05, 0) is 38.1 Å². The lowest BCUT2D eigenvalue weighted by Gasteiger charge is -2.14. The number of pyridine rings is 1. The number of ether oxygens (including phenoxy) is 1. The smallest absolute Gasteiger partial charge is 0.328 e. The van der Waals surface area contributed by atoms with E-state index in [0.29, 0.717) is 22.9 Å². The number of benzene rings is 1. The van der Waals surface area contributed by atoms with Crippen molar-refractivity contribution in [3.8, 4) is 22.9 Å². The summed E-state index contributed by atoms with van der Waals surface area (Å²) in [5.74, 6) is 1.15. The summed E-state index contributed by atoms with van der Waals surface area (Å²) in [5.41, 5.74) is 2.69. The number of hydrogen-bond donors (Lipinski definition) is 2. The second-order valence-corrected chi connectivity index (χ2v) is 6.40. The zero-order valence-electron chi connectivity index (χ0n) is 15.2. The van der Waals surface area contributed by atoms with Crippen LogP contribution in [0.15, 0.2) is 52.3 Å². The standard InChI is InChI=1S/C20H18N4O3/c1-11-5-4-9-22-19(11)27-15-7-6-14(13-8-10-21-16(13)15)17-12(2)18(25)23-20(26)24(17)3/h4-10,21H,1-3H3,(H,23,25,26). The van der Waals surface area contributed by atoms with E-state index in [4.69, 9.17) is 4.74 Å². The SMILES string of the molecule is Cc1cccnc1Oc1ccc(-c2c(C)c(=O)[nH]c(=O)n2C)c2cc[nH]c12. The summed E-state index contributed by atoms with van der Waals surface area (Å²) < 4.78 is 7.45. The summed E-state index contributed by atoms with van der Waals surface area (Å²) >= 11 is 0. The summed E-state index contributed by atoms with van der Waals surface area (Å²) in [6.45, 7) is 3.63. The Balaban J connectivity index is 1.93. The molecule has 4 aromatic rings. The summed E-state index contributed by atoms with van der Waals surface area (Å²) in [6.07, 6.45) is 3.48. The fourth-order valence-electron chi connectivity index (χ4n) is 3.22. The van der Waals surface area contributed by atoms with Crippen LogP contribution in [0.5, 0.6) is 11.6 Å². The fraction of sp³-hybridized carbons (Fsp3) is 0.150. The highest BCUT2D eigenvalue weighted by molar-refractivity contribution is 5.98. The highest BCUT2D eigenvalue weighted by atomic mass is 16.5. The van der Waals surface area contributed by atoms with Crippen molar-refractivity contribution in [2.45, 2.75) is 13.8 Å². The molecule has 0 radical (unpaired) electrons. The van der Waals surface area contributed by atoms with Crippen LogP contribution in [0.3, 0.4) is 0 Å². The van der Waals surface area contributed by atoms with E-state index in [1.165, 1.54) is 4.57 Å². The summed E-state index contributed by atoms with van der Waals surface area (Å²) in [4.78, 5) is 33.9. The van der Waals surface area contributed by atoms with Gasteiger partial charge in [-0.3, -0.25) is 14.3 Å². The van der Waals surface area contributed by atoms with Gasteiger partial charge in [-0.25, -0.2) is 9.78 Å². The van der Waals surface area contributed by atoms with Crippen LogP contribution in [-0.4, -0.2) is 19.5 Å². The lowest BCUT2D eigenvalue weighted by atomic mass is 10.0. The van der Waals surface area contributed by atoms with Gasteiger partial charge in [0.2, 0.25) is 5.88 Å². The maximum absolute atomic E-state index is 12.1. The average molecular weight is 362 g/mol. The van der Waals surface area contributed by atoms with Crippen molar-refractivity contribution in [1.29, 1.82) is 0 Å². The van der Waals surface area contributed by atoms with Crippen molar-refractivity contribution >= 4 is 10.9 Å². The molecule has 4 rings (SSSR count). The first-order valence-corrected chi connectivity index (χ1v) is 8.47. The normalized spacial score (nSPS) is 11.1.